The van der Waals surface area contributed by atoms with Crippen molar-refractivity contribution in [1.29, 1.82) is 0 Å². The minimum atomic E-state index is -0.0534. The van der Waals surface area contributed by atoms with E-state index in [0.717, 1.165) is 48.2 Å². The van der Waals surface area contributed by atoms with Crippen LogP contribution < -0.4 is 15.0 Å². The average Bonchev–Trinajstić information content (AvgIpc) is 2.92. The zero-order valence-electron chi connectivity index (χ0n) is 21.8. The predicted octanol–water partition coefficient (Wildman–Crippen LogP) is 6.36. The van der Waals surface area contributed by atoms with Crippen LogP contribution >= 0.6 is 0 Å². The lowest BCUT2D eigenvalue weighted by Crippen LogP contribution is -2.38. The number of aromatic nitrogens is 2. The number of hydrogen-bond acceptors (Lipinski definition) is 5. The van der Waals surface area contributed by atoms with Crippen molar-refractivity contribution >= 4 is 28.3 Å². The van der Waals surface area contributed by atoms with E-state index in [0.29, 0.717) is 18.0 Å². The molecule has 37 heavy (non-hydrogen) atoms. The number of hydrogen-bond donors (Lipinski definition) is 1. The largest absolute Gasteiger partial charge is 0.487 e. The molecule has 0 atom stereocenters. The van der Waals surface area contributed by atoms with Gasteiger partial charge in [-0.1, -0.05) is 69.3 Å². The van der Waals surface area contributed by atoms with Gasteiger partial charge in [-0.25, -0.2) is 9.97 Å². The number of carbonyl (C=O) groups is 1. The number of piperidine rings is 1. The first-order valence-electron chi connectivity index (χ1n) is 13.0. The smallest absolute Gasteiger partial charge is 0.227 e. The lowest BCUT2D eigenvalue weighted by Gasteiger charge is -2.32. The SMILES string of the molecule is CC(C)(C)c1ccc(COc2ccccc2NC(=O)C2CCN(c3ncnc4ccccc34)CC2)cc1. The second-order valence-corrected chi connectivity index (χ2v) is 10.7. The predicted molar refractivity (Wildman–Crippen MR) is 149 cm³/mol. The maximum absolute atomic E-state index is 13.2. The fourth-order valence-corrected chi connectivity index (χ4v) is 4.79. The first-order valence-corrected chi connectivity index (χ1v) is 13.0. The highest BCUT2D eigenvalue weighted by molar-refractivity contribution is 5.94. The van der Waals surface area contributed by atoms with Gasteiger partial charge >= 0.3 is 0 Å². The summed E-state index contributed by atoms with van der Waals surface area (Å²) in [6.45, 7) is 8.63. The minimum absolute atomic E-state index is 0.0396. The number of carbonyl (C=O) groups excluding carboxylic acids is 1. The maximum atomic E-state index is 13.2. The molecule has 0 radical (unpaired) electrons. The van der Waals surface area contributed by atoms with E-state index < -0.39 is 0 Å². The maximum Gasteiger partial charge on any atom is 0.227 e. The molecule has 1 aliphatic heterocycles. The Morgan fingerprint density at radius 3 is 2.41 bits per heavy atom. The van der Waals surface area contributed by atoms with Gasteiger partial charge < -0.3 is 15.0 Å². The number of rotatable bonds is 6. The summed E-state index contributed by atoms with van der Waals surface area (Å²) in [6.07, 6.45) is 3.16. The number of para-hydroxylation sites is 3. The van der Waals surface area contributed by atoms with E-state index in [2.05, 4.69) is 71.3 Å². The van der Waals surface area contributed by atoms with Crippen LogP contribution in [0.4, 0.5) is 11.5 Å². The molecule has 1 aromatic heterocycles. The van der Waals surface area contributed by atoms with Crippen LogP contribution in [0.2, 0.25) is 0 Å². The summed E-state index contributed by atoms with van der Waals surface area (Å²) in [6, 6.07) is 24.2. The highest BCUT2D eigenvalue weighted by atomic mass is 16.5. The molecule has 190 valence electrons. The van der Waals surface area contributed by atoms with Gasteiger partial charge in [0.25, 0.3) is 0 Å². The Kier molecular flexibility index (Phi) is 7.08. The van der Waals surface area contributed by atoms with Gasteiger partial charge in [-0.05, 0) is 53.6 Å². The first kappa shape index (κ1) is 24.8. The Hall–Kier alpha value is -3.93. The van der Waals surface area contributed by atoms with Crippen LogP contribution in [0.15, 0.2) is 79.1 Å². The van der Waals surface area contributed by atoms with Gasteiger partial charge in [0.05, 0.1) is 11.2 Å². The number of nitrogens with zero attached hydrogens (tertiary/aromatic N) is 3. The van der Waals surface area contributed by atoms with Gasteiger partial charge in [-0.15, -0.1) is 0 Å². The molecule has 1 aliphatic rings. The zero-order valence-corrected chi connectivity index (χ0v) is 21.8. The number of nitrogens with one attached hydrogen (secondary N) is 1. The van der Waals surface area contributed by atoms with Crippen LogP contribution in [0, 0.1) is 5.92 Å². The number of fused-ring (bicyclic) bond motifs is 1. The molecule has 3 aromatic carbocycles. The second kappa shape index (κ2) is 10.6. The standard InChI is InChI=1S/C31H34N4O2/c1-31(2,3)24-14-12-22(13-15-24)20-37-28-11-7-6-10-27(28)34-30(36)23-16-18-35(19-17-23)29-25-8-4-5-9-26(25)32-21-33-29/h4-15,21,23H,16-20H2,1-3H3,(H,34,36). The summed E-state index contributed by atoms with van der Waals surface area (Å²) in [7, 11) is 0. The van der Waals surface area contributed by atoms with Crippen molar-refractivity contribution in [2.75, 3.05) is 23.3 Å². The minimum Gasteiger partial charge on any atom is -0.487 e. The molecule has 1 amide bonds. The van der Waals surface area contributed by atoms with Crippen molar-refractivity contribution in [3.8, 4) is 5.75 Å². The van der Waals surface area contributed by atoms with Crippen molar-refractivity contribution in [3.05, 3.63) is 90.3 Å². The summed E-state index contributed by atoms with van der Waals surface area (Å²) in [4.78, 5) is 24.3. The summed E-state index contributed by atoms with van der Waals surface area (Å²) < 4.78 is 6.12. The van der Waals surface area contributed by atoms with Crippen LogP contribution in [0.1, 0.15) is 44.7 Å². The van der Waals surface area contributed by atoms with Crippen LogP contribution in [0.3, 0.4) is 0 Å². The Balaban J connectivity index is 1.19. The Morgan fingerprint density at radius 1 is 0.946 bits per heavy atom. The van der Waals surface area contributed by atoms with E-state index >= 15 is 0 Å². The van der Waals surface area contributed by atoms with Gasteiger partial charge in [0, 0.05) is 24.4 Å². The average molecular weight is 495 g/mol. The van der Waals surface area contributed by atoms with Gasteiger partial charge in [0.15, 0.2) is 0 Å². The molecular formula is C31H34N4O2. The quantitative estimate of drug-likeness (QED) is 0.338. The van der Waals surface area contributed by atoms with Gasteiger partial charge in [-0.3, -0.25) is 4.79 Å². The van der Waals surface area contributed by atoms with E-state index in [1.54, 1.807) is 6.33 Å². The molecule has 4 aromatic rings. The monoisotopic (exact) mass is 494 g/mol. The Labute approximate surface area is 218 Å². The number of anilines is 2. The Bertz CT molecular complexity index is 1360. The molecular weight excluding hydrogens is 460 g/mol. The van der Waals surface area contributed by atoms with Gasteiger partial charge in [0.1, 0.15) is 24.5 Å². The summed E-state index contributed by atoms with van der Waals surface area (Å²) in [5.74, 6) is 1.61. The molecule has 0 unspecified atom stereocenters. The summed E-state index contributed by atoms with van der Waals surface area (Å²) >= 11 is 0. The third kappa shape index (κ3) is 5.74. The summed E-state index contributed by atoms with van der Waals surface area (Å²) in [5, 5.41) is 4.17. The molecule has 1 N–H and O–H groups in total. The third-order valence-electron chi connectivity index (χ3n) is 7.05. The van der Waals surface area contributed by atoms with E-state index in [1.165, 1.54) is 5.56 Å². The summed E-state index contributed by atoms with van der Waals surface area (Å²) in [5.41, 5.74) is 4.16. The molecule has 0 bridgehead atoms. The molecule has 5 rings (SSSR count). The van der Waals surface area contributed by atoms with Crippen molar-refractivity contribution in [2.45, 2.75) is 45.6 Å². The number of benzene rings is 3. The fourth-order valence-electron chi connectivity index (χ4n) is 4.79. The van der Waals surface area contributed by atoms with Crippen LogP contribution in [-0.4, -0.2) is 29.0 Å². The highest BCUT2D eigenvalue weighted by Gasteiger charge is 2.27. The highest BCUT2D eigenvalue weighted by Crippen LogP contribution is 2.30. The lowest BCUT2D eigenvalue weighted by molar-refractivity contribution is -0.120. The fraction of sp³-hybridized carbons (Fsp3) is 0.323. The van der Waals surface area contributed by atoms with Crippen LogP contribution in [0.5, 0.6) is 5.75 Å². The molecule has 1 saturated heterocycles. The lowest BCUT2D eigenvalue weighted by atomic mass is 9.87. The van der Waals surface area contributed by atoms with Crippen LogP contribution in [0.25, 0.3) is 10.9 Å². The number of amides is 1. The van der Waals surface area contributed by atoms with Gasteiger partial charge in [-0.2, -0.15) is 0 Å². The second-order valence-electron chi connectivity index (χ2n) is 10.7. The van der Waals surface area contributed by atoms with E-state index in [-0.39, 0.29) is 17.2 Å². The van der Waals surface area contributed by atoms with E-state index in [9.17, 15) is 4.79 Å². The molecule has 1 fully saturated rings. The van der Waals surface area contributed by atoms with Gasteiger partial charge in [0.2, 0.25) is 5.91 Å². The number of ether oxygens (including phenoxy) is 1. The molecule has 6 nitrogen and oxygen atoms in total. The topological polar surface area (TPSA) is 67.3 Å². The normalized spacial score (nSPS) is 14.5. The van der Waals surface area contributed by atoms with Crippen molar-refractivity contribution < 1.29 is 9.53 Å². The van der Waals surface area contributed by atoms with Crippen molar-refractivity contribution in [3.63, 3.8) is 0 Å². The van der Waals surface area contributed by atoms with Crippen LogP contribution in [-0.2, 0) is 16.8 Å². The molecule has 0 spiro atoms. The first-order chi connectivity index (χ1) is 17.9. The van der Waals surface area contributed by atoms with Crippen molar-refractivity contribution in [1.82, 2.24) is 9.97 Å². The molecule has 2 heterocycles. The van der Waals surface area contributed by atoms with Crippen molar-refractivity contribution in [2.24, 2.45) is 5.92 Å². The van der Waals surface area contributed by atoms with E-state index in [4.69, 9.17) is 4.74 Å². The molecule has 0 saturated carbocycles. The molecule has 6 heteroatoms. The molecule has 0 aliphatic carbocycles. The van der Waals surface area contributed by atoms with E-state index in [1.807, 2.05) is 42.5 Å². The zero-order chi connectivity index (χ0) is 25.8. The third-order valence-corrected chi connectivity index (χ3v) is 7.05. The Morgan fingerprint density at radius 2 is 1.65 bits per heavy atom.